The largest absolute Gasteiger partial charge is 0.474 e. The molecule has 0 rings (SSSR count). The highest BCUT2D eigenvalue weighted by atomic mass is 16.5. The second kappa shape index (κ2) is 3.27. The van der Waals surface area contributed by atoms with Gasteiger partial charge in [0.15, 0.2) is 5.88 Å². The third kappa shape index (κ3) is 6.70. The van der Waals surface area contributed by atoms with Crippen LogP contribution in [0.5, 0.6) is 0 Å². The number of primary amides is 1. The summed E-state index contributed by atoms with van der Waals surface area (Å²) in [7, 11) is 0. The summed E-state index contributed by atoms with van der Waals surface area (Å²) in [5, 5.41) is 0. The lowest BCUT2D eigenvalue weighted by molar-refractivity contribution is -0.113. The van der Waals surface area contributed by atoms with Gasteiger partial charge in [0.25, 0.3) is 0 Å². The molecular formula is C7H14N2O2. The molecule has 0 aromatic carbocycles. The molecule has 0 unspecified atom stereocenters. The Morgan fingerprint density at radius 3 is 2.09 bits per heavy atom. The Kier molecular flexibility index (Phi) is 2.92. The fraction of sp³-hybridized carbons (Fsp3) is 0.571. The Bertz CT molecular complexity index is 179. The fourth-order valence-corrected chi connectivity index (χ4v) is 0.523. The summed E-state index contributed by atoms with van der Waals surface area (Å²) in [4.78, 5) is 10.3. The normalized spacial score (nSPS) is 12.8. The van der Waals surface area contributed by atoms with Crippen LogP contribution in [0.4, 0.5) is 0 Å². The first kappa shape index (κ1) is 9.81. The van der Waals surface area contributed by atoms with E-state index in [1.54, 1.807) is 0 Å². The van der Waals surface area contributed by atoms with Crippen molar-refractivity contribution in [3.05, 3.63) is 12.0 Å². The van der Waals surface area contributed by atoms with Gasteiger partial charge in [0.1, 0.15) is 5.60 Å². The zero-order valence-corrected chi connectivity index (χ0v) is 7.05. The highest BCUT2D eigenvalue weighted by Crippen LogP contribution is 2.09. The number of carbonyl (C=O) groups is 1. The van der Waals surface area contributed by atoms with Crippen LogP contribution in [0.1, 0.15) is 20.8 Å². The van der Waals surface area contributed by atoms with Crippen molar-refractivity contribution in [2.24, 2.45) is 11.5 Å². The number of hydrogen-bond donors (Lipinski definition) is 2. The summed E-state index contributed by atoms with van der Waals surface area (Å²) in [5.41, 5.74) is 9.74. The van der Waals surface area contributed by atoms with Gasteiger partial charge in [0.05, 0.1) is 6.08 Å². The van der Waals surface area contributed by atoms with E-state index in [-0.39, 0.29) is 5.88 Å². The van der Waals surface area contributed by atoms with E-state index < -0.39 is 11.5 Å². The van der Waals surface area contributed by atoms with Crippen molar-refractivity contribution in [1.82, 2.24) is 0 Å². The van der Waals surface area contributed by atoms with Crippen LogP contribution in [0.15, 0.2) is 12.0 Å². The Labute approximate surface area is 66.2 Å². The first-order valence-electron chi connectivity index (χ1n) is 3.27. The molecule has 0 saturated carbocycles. The molecule has 0 aliphatic heterocycles. The van der Waals surface area contributed by atoms with Crippen LogP contribution >= 0.6 is 0 Å². The quantitative estimate of drug-likeness (QED) is 0.441. The van der Waals surface area contributed by atoms with E-state index in [0.29, 0.717) is 0 Å². The molecule has 64 valence electrons. The molecule has 11 heavy (non-hydrogen) atoms. The number of ether oxygens (including phenoxy) is 1. The van der Waals surface area contributed by atoms with E-state index in [1.165, 1.54) is 0 Å². The molecule has 0 aromatic heterocycles. The minimum atomic E-state index is -0.605. The molecule has 0 aliphatic rings. The van der Waals surface area contributed by atoms with Crippen molar-refractivity contribution in [1.29, 1.82) is 0 Å². The van der Waals surface area contributed by atoms with Crippen LogP contribution in [0.2, 0.25) is 0 Å². The summed E-state index contributed by atoms with van der Waals surface area (Å²) in [6.07, 6.45) is 1.05. The third-order valence-corrected chi connectivity index (χ3v) is 0.709. The lowest BCUT2D eigenvalue weighted by atomic mass is 10.2. The first-order chi connectivity index (χ1) is 4.81. The number of hydrogen-bond acceptors (Lipinski definition) is 3. The number of carbonyl (C=O) groups excluding carboxylic acids is 1. The zero-order valence-electron chi connectivity index (χ0n) is 7.05. The molecule has 0 heterocycles. The molecule has 4 nitrogen and oxygen atoms in total. The van der Waals surface area contributed by atoms with Gasteiger partial charge < -0.3 is 16.2 Å². The summed E-state index contributed by atoms with van der Waals surface area (Å²) >= 11 is 0. The van der Waals surface area contributed by atoms with Crippen molar-refractivity contribution in [3.63, 3.8) is 0 Å². The van der Waals surface area contributed by atoms with Gasteiger partial charge in [0, 0.05) is 0 Å². The van der Waals surface area contributed by atoms with Gasteiger partial charge in [-0.3, -0.25) is 4.79 Å². The van der Waals surface area contributed by atoms with Gasteiger partial charge in [-0.05, 0) is 20.8 Å². The molecule has 4 heteroatoms. The standard InChI is InChI=1S/C7H14N2O2/c1-7(2,3)11-6(9)4-5(8)10/h4H,9H2,1-3H3,(H2,8,10)/b6-4-. The van der Waals surface area contributed by atoms with Crippen molar-refractivity contribution >= 4 is 5.91 Å². The smallest absolute Gasteiger partial charge is 0.246 e. The Morgan fingerprint density at radius 2 is 1.82 bits per heavy atom. The predicted molar refractivity (Wildman–Crippen MR) is 42.3 cm³/mol. The van der Waals surface area contributed by atoms with E-state index in [1.807, 2.05) is 20.8 Å². The topological polar surface area (TPSA) is 78.3 Å². The molecule has 0 aromatic rings. The summed E-state index contributed by atoms with van der Waals surface area (Å²) in [5.74, 6) is -0.559. The lowest BCUT2D eigenvalue weighted by Gasteiger charge is -2.20. The average Bonchev–Trinajstić information content (AvgIpc) is 1.53. The van der Waals surface area contributed by atoms with Crippen LogP contribution in [0.3, 0.4) is 0 Å². The maximum Gasteiger partial charge on any atom is 0.246 e. The van der Waals surface area contributed by atoms with E-state index in [9.17, 15) is 4.79 Å². The highest BCUT2D eigenvalue weighted by molar-refractivity contribution is 5.86. The van der Waals surface area contributed by atoms with Crippen LogP contribution < -0.4 is 11.5 Å². The Hall–Kier alpha value is -1.19. The predicted octanol–water partition coefficient (Wildman–Crippen LogP) is 0.0869. The van der Waals surface area contributed by atoms with Crippen molar-refractivity contribution in [2.45, 2.75) is 26.4 Å². The summed E-state index contributed by atoms with van der Waals surface area (Å²) in [6, 6.07) is 0. The van der Waals surface area contributed by atoms with Gasteiger partial charge in [0.2, 0.25) is 5.91 Å². The molecule has 0 bridgehead atoms. The molecule has 0 saturated heterocycles. The second-order valence-electron chi connectivity index (χ2n) is 3.16. The van der Waals surface area contributed by atoms with Crippen molar-refractivity contribution < 1.29 is 9.53 Å². The van der Waals surface area contributed by atoms with Crippen LogP contribution in [-0.2, 0) is 9.53 Å². The Balaban J connectivity index is 4.07. The molecule has 0 atom stereocenters. The van der Waals surface area contributed by atoms with E-state index in [2.05, 4.69) is 0 Å². The Morgan fingerprint density at radius 1 is 1.36 bits per heavy atom. The van der Waals surface area contributed by atoms with Crippen LogP contribution in [0, 0.1) is 0 Å². The minimum Gasteiger partial charge on any atom is -0.474 e. The number of amides is 1. The minimum absolute atomic E-state index is 0.0463. The number of nitrogens with two attached hydrogens (primary N) is 2. The second-order valence-corrected chi connectivity index (χ2v) is 3.16. The molecule has 0 fully saturated rings. The van der Waals surface area contributed by atoms with Crippen molar-refractivity contribution in [2.75, 3.05) is 0 Å². The molecule has 0 aliphatic carbocycles. The van der Waals surface area contributed by atoms with Gasteiger partial charge in [-0.15, -0.1) is 0 Å². The van der Waals surface area contributed by atoms with E-state index in [0.717, 1.165) is 6.08 Å². The number of rotatable bonds is 2. The maximum absolute atomic E-state index is 10.3. The van der Waals surface area contributed by atoms with E-state index in [4.69, 9.17) is 16.2 Å². The monoisotopic (exact) mass is 158 g/mol. The summed E-state index contributed by atoms with van der Waals surface area (Å²) < 4.78 is 5.09. The van der Waals surface area contributed by atoms with Gasteiger partial charge in [-0.1, -0.05) is 0 Å². The molecule has 0 spiro atoms. The van der Waals surface area contributed by atoms with Gasteiger partial charge in [-0.2, -0.15) is 0 Å². The SMILES string of the molecule is CC(C)(C)O/C(N)=C\C(N)=O. The lowest BCUT2D eigenvalue weighted by Crippen LogP contribution is -2.23. The third-order valence-electron chi connectivity index (χ3n) is 0.709. The van der Waals surface area contributed by atoms with Crippen LogP contribution in [0.25, 0.3) is 0 Å². The molecular weight excluding hydrogens is 144 g/mol. The van der Waals surface area contributed by atoms with Gasteiger partial charge in [-0.25, -0.2) is 0 Å². The van der Waals surface area contributed by atoms with Gasteiger partial charge >= 0.3 is 0 Å². The van der Waals surface area contributed by atoms with Crippen molar-refractivity contribution in [3.8, 4) is 0 Å². The van der Waals surface area contributed by atoms with Crippen LogP contribution in [-0.4, -0.2) is 11.5 Å². The fourth-order valence-electron chi connectivity index (χ4n) is 0.523. The average molecular weight is 158 g/mol. The zero-order chi connectivity index (χ0) is 9.07. The molecule has 4 N–H and O–H groups in total. The summed E-state index contributed by atoms with van der Waals surface area (Å²) in [6.45, 7) is 5.48. The highest BCUT2D eigenvalue weighted by Gasteiger charge is 2.11. The maximum atomic E-state index is 10.3. The first-order valence-corrected chi connectivity index (χ1v) is 3.27. The molecule has 0 radical (unpaired) electrons. The molecule has 1 amide bonds. The van der Waals surface area contributed by atoms with E-state index >= 15 is 0 Å².